The number of carbonyl (C=O) groups is 1. The average molecular weight is 500 g/mol. The van der Waals surface area contributed by atoms with Crippen LogP contribution in [0.3, 0.4) is 0 Å². The Balaban J connectivity index is 1.21. The van der Waals surface area contributed by atoms with Crippen LogP contribution in [0.1, 0.15) is 54.7 Å². The summed E-state index contributed by atoms with van der Waals surface area (Å²) in [5, 5.41) is 11.8. The van der Waals surface area contributed by atoms with Crippen LogP contribution in [0.4, 0.5) is 4.79 Å². The Hall–Kier alpha value is -3.51. The maximum absolute atomic E-state index is 13.5. The van der Waals surface area contributed by atoms with E-state index in [0.29, 0.717) is 30.9 Å². The topological polar surface area (TPSA) is 68.2 Å². The van der Waals surface area contributed by atoms with Crippen LogP contribution < -0.4 is 9.47 Å². The second-order valence-electron chi connectivity index (χ2n) is 10.5. The fraction of sp³-hybridized carbons (Fsp3) is 0.387. The van der Waals surface area contributed by atoms with Crippen LogP contribution in [-0.4, -0.2) is 49.0 Å². The van der Waals surface area contributed by atoms with E-state index in [-0.39, 0.29) is 24.1 Å². The summed E-state index contributed by atoms with van der Waals surface area (Å²) in [4.78, 5) is 15.4. The predicted molar refractivity (Wildman–Crippen MR) is 141 cm³/mol. The minimum Gasteiger partial charge on any atom is -0.497 e. The molecule has 6 heteroatoms. The third kappa shape index (κ3) is 4.13. The van der Waals surface area contributed by atoms with Crippen molar-refractivity contribution in [2.24, 2.45) is 0 Å². The number of fused-ring (bicyclic) bond motifs is 5. The van der Waals surface area contributed by atoms with E-state index in [1.807, 2.05) is 29.2 Å². The number of benzene rings is 3. The van der Waals surface area contributed by atoms with Crippen molar-refractivity contribution in [3.05, 3.63) is 83.4 Å². The van der Waals surface area contributed by atoms with Crippen molar-refractivity contribution >= 4 is 6.09 Å². The molecule has 0 spiro atoms. The van der Waals surface area contributed by atoms with Gasteiger partial charge in [0.05, 0.1) is 19.8 Å². The predicted octanol–water partition coefficient (Wildman–Crippen LogP) is 5.86. The molecule has 2 aliphatic heterocycles. The van der Waals surface area contributed by atoms with Gasteiger partial charge in [-0.25, -0.2) is 4.79 Å². The minimum atomic E-state index is -1.06. The first-order valence-electron chi connectivity index (χ1n) is 13.1. The number of ether oxygens (including phenoxy) is 3. The van der Waals surface area contributed by atoms with Gasteiger partial charge in [0.25, 0.3) is 0 Å². The molecular formula is C31H33NO5. The van der Waals surface area contributed by atoms with E-state index in [9.17, 15) is 9.90 Å². The largest absolute Gasteiger partial charge is 0.497 e. The van der Waals surface area contributed by atoms with Crippen molar-refractivity contribution in [1.29, 1.82) is 0 Å². The van der Waals surface area contributed by atoms with Gasteiger partial charge in [-0.2, -0.15) is 0 Å². The van der Waals surface area contributed by atoms with E-state index in [0.717, 1.165) is 24.8 Å². The molecule has 0 saturated carbocycles. The fourth-order valence-electron chi connectivity index (χ4n) is 6.71. The molecule has 2 fully saturated rings. The molecule has 192 valence electrons. The van der Waals surface area contributed by atoms with Gasteiger partial charge in [-0.05, 0) is 59.2 Å². The SMILES string of the molecule is COc1cc(OC)cc(C2(O)CC3CCCC(C2)N3C(=O)OCC2c3ccccc3-c3ccccc32)c1. The van der Waals surface area contributed by atoms with Gasteiger partial charge < -0.3 is 24.2 Å². The molecule has 2 atom stereocenters. The lowest BCUT2D eigenvalue weighted by atomic mass is 9.72. The number of hydrogen-bond donors (Lipinski definition) is 1. The normalized spacial score (nSPS) is 24.2. The maximum Gasteiger partial charge on any atom is 0.410 e. The number of carbonyl (C=O) groups excluding carboxylic acids is 1. The van der Waals surface area contributed by atoms with Gasteiger partial charge in [-0.15, -0.1) is 0 Å². The summed E-state index contributed by atoms with van der Waals surface area (Å²) < 4.78 is 16.9. The highest BCUT2D eigenvalue weighted by Gasteiger charge is 2.49. The monoisotopic (exact) mass is 499 g/mol. The second kappa shape index (κ2) is 9.42. The Morgan fingerprint density at radius 3 is 1.97 bits per heavy atom. The number of hydrogen-bond acceptors (Lipinski definition) is 5. The molecule has 2 unspecified atom stereocenters. The Morgan fingerprint density at radius 1 is 0.892 bits per heavy atom. The zero-order valence-electron chi connectivity index (χ0n) is 21.4. The number of nitrogens with zero attached hydrogens (tertiary/aromatic N) is 1. The molecule has 3 aliphatic rings. The highest BCUT2D eigenvalue weighted by molar-refractivity contribution is 5.79. The maximum atomic E-state index is 13.5. The van der Waals surface area contributed by atoms with Crippen LogP contribution in [0.2, 0.25) is 0 Å². The number of aliphatic hydroxyl groups is 1. The third-order valence-corrected chi connectivity index (χ3v) is 8.44. The molecule has 1 aliphatic carbocycles. The quantitative estimate of drug-likeness (QED) is 0.476. The van der Waals surface area contributed by atoms with E-state index in [1.165, 1.54) is 22.3 Å². The smallest absolute Gasteiger partial charge is 0.410 e. The van der Waals surface area contributed by atoms with Gasteiger partial charge in [0.1, 0.15) is 18.1 Å². The lowest BCUT2D eigenvalue weighted by molar-refractivity contribution is -0.0892. The summed E-state index contributed by atoms with van der Waals surface area (Å²) in [5.74, 6) is 1.32. The lowest BCUT2D eigenvalue weighted by Gasteiger charge is -2.51. The average Bonchev–Trinajstić information content (AvgIpc) is 3.24. The molecule has 3 aromatic carbocycles. The minimum absolute atomic E-state index is 0.0298. The van der Waals surface area contributed by atoms with Gasteiger partial charge in [-0.3, -0.25) is 0 Å². The third-order valence-electron chi connectivity index (χ3n) is 8.44. The summed E-state index contributed by atoms with van der Waals surface area (Å²) in [6, 6.07) is 22.1. The Bertz CT molecular complexity index is 1240. The summed E-state index contributed by atoms with van der Waals surface area (Å²) >= 11 is 0. The van der Waals surface area contributed by atoms with Crippen LogP contribution in [0, 0.1) is 0 Å². The number of amides is 1. The van der Waals surface area contributed by atoms with Crippen molar-refractivity contribution in [2.75, 3.05) is 20.8 Å². The highest BCUT2D eigenvalue weighted by Crippen LogP contribution is 2.47. The van der Waals surface area contributed by atoms with Crippen molar-refractivity contribution in [3.63, 3.8) is 0 Å². The standard InChI is InChI=1S/C31H33NO5/c1-35-23-14-20(15-24(16-23)36-2)31(34)17-21-8-7-9-22(18-31)32(21)30(33)37-19-29-27-12-5-3-10-25(27)26-11-4-6-13-28(26)29/h3-6,10-16,21-22,29,34H,7-9,17-19H2,1-2H3. The van der Waals surface area contributed by atoms with E-state index in [1.54, 1.807) is 20.3 Å². The molecule has 0 radical (unpaired) electrons. The molecule has 6 rings (SSSR count). The molecule has 37 heavy (non-hydrogen) atoms. The van der Waals surface area contributed by atoms with Gasteiger partial charge in [0.15, 0.2) is 0 Å². The van der Waals surface area contributed by atoms with Crippen molar-refractivity contribution in [2.45, 2.75) is 55.7 Å². The number of rotatable bonds is 5. The molecule has 6 nitrogen and oxygen atoms in total. The zero-order valence-corrected chi connectivity index (χ0v) is 21.4. The van der Waals surface area contributed by atoms with Gasteiger partial charge in [-0.1, -0.05) is 48.5 Å². The molecule has 1 amide bonds. The first-order chi connectivity index (χ1) is 18.0. The van der Waals surface area contributed by atoms with E-state index in [4.69, 9.17) is 14.2 Å². The fourth-order valence-corrected chi connectivity index (χ4v) is 6.71. The van der Waals surface area contributed by atoms with Gasteiger partial charge in [0.2, 0.25) is 0 Å². The van der Waals surface area contributed by atoms with Crippen molar-refractivity contribution < 1.29 is 24.1 Å². The Labute approximate surface area is 217 Å². The van der Waals surface area contributed by atoms with E-state index >= 15 is 0 Å². The van der Waals surface area contributed by atoms with Crippen molar-refractivity contribution in [1.82, 2.24) is 4.90 Å². The zero-order chi connectivity index (χ0) is 25.6. The summed E-state index contributed by atoms with van der Waals surface area (Å²) in [5.41, 5.74) is 4.55. The van der Waals surface area contributed by atoms with Crippen LogP contribution >= 0.6 is 0 Å². The molecule has 0 aromatic heterocycles. The van der Waals surface area contributed by atoms with Gasteiger partial charge >= 0.3 is 6.09 Å². The first-order valence-corrected chi connectivity index (χ1v) is 13.1. The molecule has 2 heterocycles. The highest BCUT2D eigenvalue weighted by atomic mass is 16.6. The second-order valence-corrected chi connectivity index (χ2v) is 10.5. The van der Waals surface area contributed by atoms with Crippen molar-refractivity contribution in [3.8, 4) is 22.6 Å². The first kappa shape index (κ1) is 23.9. The van der Waals surface area contributed by atoms with E-state index < -0.39 is 5.60 Å². The Kier molecular flexibility index (Phi) is 6.07. The molecular weight excluding hydrogens is 466 g/mol. The number of piperidine rings is 2. The van der Waals surface area contributed by atoms with Crippen LogP contribution in [0.15, 0.2) is 66.7 Å². The Morgan fingerprint density at radius 2 is 1.43 bits per heavy atom. The molecule has 1 N–H and O–H groups in total. The lowest BCUT2D eigenvalue weighted by Crippen LogP contribution is -2.59. The van der Waals surface area contributed by atoms with E-state index in [2.05, 4.69) is 36.4 Å². The summed E-state index contributed by atoms with van der Waals surface area (Å²) in [6.45, 7) is 0.306. The van der Waals surface area contributed by atoms with Gasteiger partial charge in [0, 0.05) is 36.9 Å². The van der Waals surface area contributed by atoms with Crippen LogP contribution in [0.5, 0.6) is 11.5 Å². The summed E-state index contributed by atoms with van der Waals surface area (Å²) in [7, 11) is 3.22. The number of methoxy groups -OCH3 is 2. The molecule has 2 saturated heterocycles. The molecule has 3 aromatic rings. The summed E-state index contributed by atoms with van der Waals surface area (Å²) in [6.07, 6.45) is 3.39. The van der Waals surface area contributed by atoms with Crippen LogP contribution in [-0.2, 0) is 10.3 Å². The van der Waals surface area contributed by atoms with Crippen LogP contribution in [0.25, 0.3) is 11.1 Å². The molecule has 2 bridgehead atoms.